The lowest BCUT2D eigenvalue weighted by Gasteiger charge is -2.34. The molecule has 1 saturated carbocycles. The first kappa shape index (κ1) is 11.5. The third-order valence-corrected chi connectivity index (χ3v) is 3.04. The Labute approximate surface area is 85.5 Å². The van der Waals surface area contributed by atoms with E-state index in [1.807, 2.05) is 6.92 Å². The summed E-state index contributed by atoms with van der Waals surface area (Å²) < 4.78 is 4.94. The minimum atomic E-state index is -0.162. The maximum absolute atomic E-state index is 11.3. The number of esters is 1. The van der Waals surface area contributed by atoms with Crippen LogP contribution in [-0.4, -0.2) is 23.8 Å². The van der Waals surface area contributed by atoms with Crippen LogP contribution in [-0.2, 0) is 9.53 Å². The van der Waals surface area contributed by atoms with Gasteiger partial charge in [-0.3, -0.25) is 4.79 Å². The molecule has 0 amide bonds. The second-order valence-electron chi connectivity index (χ2n) is 4.52. The number of aliphatic hydroxyl groups excluding tert-OH is 1. The predicted octanol–water partition coefficient (Wildman–Crippen LogP) is 1.88. The standard InChI is InChI=1S/C11H20O3/c1-3-14-10(13)8-11(2)6-4-9(12)5-7-11/h9,12H,3-8H2,1-2H3. The van der Waals surface area contributed by atoms with E-state index in [1.165, 1.54) is 0 Å². The maximum atomic E-state index is 11.3. The van der Waals surface area contributed by atoms with E-state index in [9.17, 15) is 9.90 Å². The van der Waals surface area contributed by atoms with Gasteiger partial charge in [-0.15, -0.1) is 0 Å². The highest BCUT2D eigenvalue weighted by molar-refractivity contribution is 5.70. The first-order valence-corrected chi connectivity index (χ1v) is 5.39. The van der Waals surface area contributed by atoms with Gasteiger partial charge in [0.25, 0.3) is 0 Å². The Hall–Kier alpha value is -0.570. The van der Waals surface area contributed by atoms with Gasteiger partial charge in [-0.1, -0.05) is 6.92 Å². The molecule has 1 aliphatic carbocycles. The highest BCUT2D eigenvalue weighted by Crippen LogP contribution is 2.38. The van der Waals surface area contributed by atoms with Crippen molar-refractivity contribution in [2.45, 2.75) is 52.1 Å². The van der Waals surface area contributed by atoms with Gasteiger partial charge >= 0.3 is 5.97 Å². The lowest BCUT2D eigenvalue weighted by molar-refractivity contribution is -0.146. The van der Waals surface area contributed by atoms with Gasteiger partial charge in [-0.05, 0) is 38.0 Å². The number of ether oxygens (including phenoxy) is 1. The third kappa shape index (κ3) is 3.29. The van der Waals surface area contributed by atoms with Crippen LogP contribution >= 0.6 is 0 Å². The number of carbonyl (C=O) groups excluding carboxylic acids is 1. The molecule has 0 aromatic rings. The average molecular weight is 200 g/mol. The van der Waals surface area contributed by atoms with Crippen LogP contribution in [0.25, 0.3) is 0 Å². The average Bonchev–Trinajstić information content (AvgIpc) is 2.11. The van der Waals surface area contributed by atoms with E-state index >= 15 is 0 Å². The lowest BCUT2D eigenvalue weighted by atomic mass is 9.72. The fourth-order valence-electron chi connectivity index (χ4n) is 2.04. The van der Waals surface area contributed by atoms with Gasteiger partial charge < -0.3 is 9.84 Å². The minimum Gasteiger partial charge on any atom is -0.466 e. The monoisotopic (exact) mass is 200 g/mol. The fourth-order valence-corrected chi connectivity index (χ4v) is 2.04. The molecule has 1 N–H and O–H groups in total. The van der Waals surface area contributed by atoms with E-state index < -0.39 is 0 Å². The Kier molecular flexibility index (Phi) is 3.93. The number of hydrogen-bond donors (Lipinski definition) is 1. The van der Waals surface area contributed by atoms with Crippen molar-refractivity contribution in [2.24, 2.45) is 5.41 Å². The van der Waals surface area contributed by atoms with Gasteiger partial charge in [0, 0.05) is 0 Å². The quantitative estimate of drug-likeness (QED) is 0.707. The zero-order valence-electron chi connectivity index (χ0n) is 9.08. The smallest absolute Gasteiger partial charge is 0.306 e. The largest absolute Gasteiger partial charge is 0.466 e. The summed E-state index contributed by atoms with van der Waals surface area (Å²) in [6.07, 6.45) is 3.81. The Balaban J connectivity index is 2.38. The molecule has 0 aliphatic heterocycles. The summed E-state index contributed by atoms with van der Waals surface area (Å²) in [6.45, 7) is 4.39. The summed E-state index contributed by atoms with van der Waals surface area (Å²) in [4.78, 5) is 11.3. The van der Waals surface area contributed by atoms with Crippen LogP contribution in [0.2, 0.25) is 0 Å². The molecule has 3 nitrogen and oxygen atoms in total. The van der Waals surface area contributed by atoms with Gasteiger partial charge in [0.2, 0.25) is 0 Å². The van der Waals surface area contributed by atoms with Crippen LogP contribution in [0.4, 0.5) is 0 Å². The van der Waals surface area contributed by atoms with Gasteiger partial charge in [-0.25, -0.2) is 0 Å². The number of hydrogen-bond acceptors (Lipinski definition) is 3. The molecule has 0 aromatic heterocycles. The van der Waals surface area contributed by atoms with Crippen molar-refractivity contribution >= 4 is 5.97 Å². The maximum Gasteiger partial charge on any atom is 0.306 e. The molecule has 14 heavy (non-hydrogen) atoms. The molecule has 0 heterocycles. The molecule has 0 atom stereocenters. The second-order valence-corrected chi connectivity index (χ2v) is 4.52. The van der Waals surface area contributed by atoms with Crippen LogP contribution in [0.3, 0.4) is 0 Å². The highest BCUT2D eigenvalue weighted by atomic mass is 16.5. The van der Waals surface area contributed by atoms with Crippen molar-refractivity contribution in [2.75, 3.05) is 6.61 Å². The normalized spacial score (nSPS) is 32.6. The van der Waals surface area contributed by atoms with E-state index in [2.05, 4.69) is 6.92 Å². The minimum absolute atomic E-state index is 0.0471. The second kappa shape index (κ2) is 4.78. The third-order valence-electron chi connectivity index (χ3n) is 3.04. The molecule has 0 unspecified atom stereocenters. The molecular formula is C11H20O3. The van der Waals surface area contributed by atoms with Crippen molar-refractivity contribution in [1.82, 2.24) is 0 Å². The van der Waals surface area contributed by atoms with Crippen LogP contribution in [0.15, 0.2) is 0 Å². The summed E-state index contributed by atoms with van der Waals surface area (Å²) in [6, 6.07) is 0. The van der Waals surface area contributed by atoms with E-state index in [4.69, 9.17) is 4.74 Å². The highest BCUT2D eigenvalue weighted by Gasteiger charge is 2.32. The number of carbonyl (C=O) groups is 1. The van der Waals surface area contributed by atoms with E-state index in [0.29, 0.717) is 13.0 Å². The van der Waals surface area contributed by atoms with Gasteiger partial charge in [0.15, 0.2) is 0 Å². The number of rotatable bonds is 3. The molecule has 0 aromatic carbocycles. The van der Waals surface area contributed by atoms with Crippen molar-refractivity contribution in [3.05, 3.63) is 0 Å². The zero-order chi connectivity index (χ0) is 10.6. The van der Waals surface area contributed by atoms with Crippen molar-refractivity contribution < 1.29 is 14.6 Å². The Morgan fingerprint density at radius 2 is 2.07 bits per heavy atom. The van der Waals surface area contributed by atoms with Crippen LogP contribution in [0.1, 0.15) is 46.0 Å². The predicted molar refractivity (Wildman–Crippen MR) is 53.8 cm³/mol. The molecule has 0 spiro atoms. The molecule has 1 fully saturated rings. The van der Waals surface area contributed by atoms with Crippen molar-refractivity contribution in [3.63, 3.8) is 0 Å². The molecule has 0 saturated heterocycles. The van der Waals surface area contributed by atoms with Gasteiger partial charge in [-0.2, -0.15) is 0 Å². The van der Waals surface area contributed by atoms with E-state index in [1.54, 1.807) is 0 Å². The first-order valence-electron chi connectivity index (χ1n) is 5.39. The first-order chi connectivity index (χ1) is 6.56. The van der Waals surface area contributed by atoms with E-state index in [-0.39, 0.29) is 17.5 Å². The van der Waals surface area contributed by atoms with Crippen LogP contribution < -0.4 is 0 Å². The van der Waals surface area contributed by atoms with Crippen LogP contribution in [0, 0.1) is 5.41 Å². The Morgan fingerprint density at radius 1 is 1.50 bits per heavy atom. The molecule has 3 heteroatoms. The van der Waals surface area contributed by atoms with Crippen LogP contribution in [0.5, 0.6) is 0 Å². The van der Waals surface area contributed by atoms with Crippen molar-refractivity contribution in [3.8, 4) is 0 Å². The summed E-state index contributed by atoms with van der Waals surface area (Å²) in [7, 11) is 0. The van der Waals surface area contributed by atoms with Crippen molar-refractivity contribution in [1.29, 1.82) is 0 Å². The summed E-state index contributed by atoms with van der Waals surface area (Å²) in [5, 5.41) is 9.36. The molecule has 1 aliphatic rings. The topological polar surface area (TPSA) is 46.5 Å². The summed E-state index contributed by atoms with van der Waals surface area (Å²) in [5.74, 6) is -0.105. The molecule has 82 valence electrons. The SMILES string of the molecule is CCOC(=O)CC1(C)CCC(O)CC1. The molecule has 0 radical (unpaired) electrons. The van der Waals surface area contributed by atoms with Gasteiger partial charge in [0.1, 0.15) is 0 Å². The summed E-state index contributed by atoms with van der Waals surface area (Å²) >= 11 is 0. The lowest BCUT2D eigenvalue weighted by Crippen LogP contribution is -2.29. The van der Waals surface area contributed by atoms with Gasteiger partial charge in [0.05, 0.1) is 19.1 Å². The fraction of sp³-hybridized carbons (Fsp3) is 0.909. The molecule has 1 rings (SSSR count). The Morgan fingerprint density at radius 3 is 2.57 bits per heavy atom. The zero-order valence-corrected chi connectivity index (χ0v) is 9.08. The number of aliphatic hydroxyl groups is 1. The molecule has 0 bridgehead atoms. The Bertz CT molecular complexity index is 193. The molecular weight excluding hydrogens is 180 g/mol. The van der Waals surface area contributed by atoms with E-state index in [0.717, 1.165) is 25.7 Å². The summed E-state index contributed by atoms with van der Waals surface area (Å²) in [5.41, 5.74) is 0.0471.